The second-order valence-corrected chi connectivity index (χ2v) is 10.5. The van der Waals surface area contributed by atoms with Crippen molar-refractivity contribution >= 4 is 17.5 Å². The first-order chi connectivity index (χ1) is 16.7. The zero-order valence-electron chi connectivity index (χ0n) is 21.5. The molecule has 3 N–H and O–H groups in total. The molecule has 2 aromatic carbocycles. The first-order valence-electron chi connectivity index (χ1n) is 12.9. The molecule has 1 atom stereocenters. The van der Waals surface area contributed by atoms with Crippen LogP contribution in [0.25, 0.3) is 0 Å². The predicted molar refractivity (Wildman–Crippen MR) is 141 cm³/mol. The van der Waals surface area contributed by atoms with Gasteiger partial charge < -0.3 is 20.7 Å². The summed E-state index contributed by atoms with van der Waals surface area (Å²) in [6, 6.07) is 18.9. The minimum atomic E-state index is -0.424. The monoisotopic (exact) mass is 479 g/mol. The van der Waals surface area contributed by atoms with E-state index >= 15 is 0 Å². The molecule has 1 saturated carbocycles. The van der Waals surface area contributed by atoms with E-state index in [2.05, 4.69) is 48.3 Å². The van der Waals surface area contributed by atoms with E-state index in [-0.39, 0.29) is 17.7 Å². The minimum Gasteiger partial charge on any atom is -0.489 e. The number of ether oxygens (including phenoxy) is 1. The van der Waals surface area contributed by atoms with Gasteiger partial charge in [0.15, 0.2) is 0 Å². The van der Waals surface area contributed by atoms with Crippen molar-refractivity contribution < 1.29 is 14.3 Å². The third-order valence-electron chi connectivity index (χ3n) is 6.77. The zero-order valence-corrected chi connectivity index (χ0v) is 21.5. The summed E-state index contributed by atoms with van der Waals surface area (Å²) in [5, 5.41) is 3.18. The molecule has 0 spiro atoms. The van der Waals surface area contributed by atoms with Crippen LogP contribution in [0, 0.1) is 5.92 Å². The van der Waals surface area contributed by atoms with Crippen molar-refractivity contribution in [3.63, 3.8) is 0 Å². The van der Waals surface area contributed by atoms with Gasteiger partial charge >= 0.3 is 0 Å². The van der Waals surface area contributed by atoms with Crippen molar-refractivity contribution in [1.82, 2.24) is 5.32 Å². The van der Waals surface area contributed by atoms with E-state index in [4.69, 9.17) is 10.5 Å². The number of hydrogen-bond acceptors (Lipinski definition) is 4. The molecule has 0 heterocycles. The molecule has 0 aliphatic heterocycles. The number of primary amides is 1. The van der Waals surface area contributed by atoms with Crippen LogP contribution in [0.15, 0.2) is 54.6 Å². The van der Waals surface area contributed by atoms with Crippen LogP contribution in [0.2, 0.25) is 0 Å². The first kappa shape index (κ1) is 26.6. The lowest BCUT2D eigenvalue weighted by Crippen LogP contribution is -2.54. The minimum absolute atomic E-state index is 0.0450. The fourth-order valence-electron chi connectivity index (χ4n) is 4.69. The molecule has 35 heavy (non-hydrogen) atoms. The number of carbonyl (C=O) groups is 2. The van der Waals surface area contributed by atoms with Gasteiger partial charge in [-0.25, -0.2) is 0 Å². The Morgan fingerprint density at radius 3 is 2.34 bits per heavy atom. The van der Waals surface area contributed by atoms with E-state index in [0.717, 1.165) is 29.8 Å². The Kier molecular flexibility index (Phi) is 9.58. The average Bonchev–Trinajstić information content (AvgIpc) is 2.86. The maximum Gasteiger partial charge on any atom is 0.220 e. The Morgan fingerprint density at radius 2 is 1.71 bits per heavy atom. The molecule has 1 aliphatic carbocycles. The normalized spacial score (nSPS) is 15.3. The molecule has 6 heteroatoms. The quantitative estimate of drug-likeness (QED) is 0.438. The van der Waals surface area contributed by atoms with Gasteiger partial charge in [-0.1, -0.05) is 56.5 Å². The van der Waals surface area contributed by atoms with Crippen molar-refractivity contribution in [2.45, 2.75) is 83.9 Å². The van der Waals surface area contributed by atoms with Crippen molar-refractivity contribution in [1.29, 1.82) is 0 Å². The number of anilines is 1. The molecule has 2 aromatic rings. The second kappa shape index (κ2) is 12.6. The van der Waals surface area contributed by atoms with E-state index in [1.165, 1.54) is 19.3 Å². The van der Waals surface area contributed by atoms with Gasteiger partial charge in [-0.2, -0.15) is 0 Å². The van der Waals surface area contributed by atoms with E-state index in [9.17, 15) is 9.59 Å². The van der Waals surface area contributed by atoms with Crippen LogP contribution < -0.4 is 20.7 Å². The SMILES string of the molecule is CC(CCC(=O)NC(C)(C)CN(c1ccc(OCc2ccccc2)cc1)C1CCCCC1)C(N)=O. The van der Waals surface area contributed by atoms with Crippen LogP contribution in [0.4, 0.5) is 5.69 Å². The predicted octanol–water partition coefficient (Wildman–Crippen LogP) is 5.20. The molecule has 190 valence electrons. The van der Waals surface area contributed by atoms with Gasteiger partial charge in [0.1, 0.15) is 12.4 Å². The van der Waals surface area contributed by atoms with Crippen molar-refractivity contribution in [2.24, 2.45) is 11.7 Å². The number of nitrogens with one attached hydrogen (secondary N) is 1. The number of carbonyl (C=O) groups excluding carboxylic acids is 2. The van der Waals surface area contributed by atoms with Gasteiger partial charge in [0.05, 0.1) is 5.54 Å². The standard InChI is InChI=1S/C29H41N3O3/c1-22(28(30)34)14-19-27(33)31-29(2,3)21-32(24-12-8-5-9-13-24)25-15-17-26(18-16-25)35-20-23-10-6-4-7-11-23/h4,6-7,10-11,15-18,22,24H,5,8-9,12-14,19-21H2,1-3H3,(H2,30,34)(H,31,33). The summed E-state index contributed by atoms with van der Waals surface area (Å²) in [5.41, 5.74) is 7.20. The third-order valence-corrected chi connectivity index (χ3v) is 6.77. The Balaban J connectivity index is 1.65. The Hall–Kier alpha value is -3.02. The summed E-state index contributed by atoms with van der Waals surface area (Å²) >= 11 is 0. The summed E-state index contributed by atoms with van der Waals surface area (Å²) in [6.45, 7) is 7.14. The van der Waals surface area contributed by atoms with Gasteiger partial charge in [0, 0.05) is 30.6 Å². The van der Waals surface area contributed by atoms with Gasteiger partial charge in [0.25, 0.3) is 0 Å². The highest BCUT2D eigenvalue weighted by Gasteiger charge is 2.29. The topological polar surface area (TPSA) is 84.7 Å². The smallest absolute Gasteiger partial charge is 0.220 e. The summed E-state index contributed by atoms with van der Waals surface area (Å²) in [6.07, 6.45) is 6.83. The highest BCUT2D eigenvalue weighted by Crippen LogP contribution is 2.30. The highest BCUT2D eigenvalue weighted by atomic mass is 16.5. The molecule has 0 saturated heterocycles. The maximum atomic E-state index is 12.6. The lowest BCUT2D eigenvalue weighted by Gasteiger charge is -2.41. The number of nitrogens with two attached hydrogens (primary N) is 1. The molecule has 0 bridgehead atoms. The van der Waals surface area contributed by atoms with Crippen LogP contribution in [-0.2, 0) is 16.2 Å². The van der Waals surface area contributed by atoms with Crippen LogP contribution in [0.5, 0.6) is 5.75 Å². The van der Waals surface area contributed by atoms with Crippen molar-refractivity contribution in [2.75, 3.05) is 11.4 Å². The molecule has 0 aromatic heterocycles. The van der Waals surface area contributed by atoms with E-state index < -0.39 is 5.54 Å². The Morgan fingerprint density at radius 1 is 1.06 bits per heavy atom. The number of benzene rings is 2. The van der Waals surface area contributed by atoms with Gasteiger partial charge in [-0.3, -0.25) is 9.59 Å². The lowest BCUT2D eigenvalue weighted by molar-refractivity contribution is -0.124. The van der Waals surface area contributed by atoms with Crippen molar-refractivity contribution in [3.05, 3.63) is 60.2 Å². The first-order valence-corrected chi connectivity index (χ1v) is 12.9. The Bertz CT molecular complexity index is 937. The number of amides is 2. The van der Waals surface area contributed by atoms with Crippen LogP contribution in [-0.4, -0.2) is 29.9 Å². The fraction of sp³-hybridized carbons (Fsp3) is 0.517. The zero-order chi connectivity index (χ0) is 25.3. The molecule has 1 unspecified atom stereocenters. The molecular weight excluding hydrogens is 438 g/mol. The lowest BCUT2D eigenvalue weighted by atomic mass is 9.92. The van der Waals surface area contributed by atoms with Gasteiger partial charge in [-0.15, -0.1) is 0 Å². The summed E-state index contributed by atoms with van der Waals surface area (Å²) < 4.78 is 5.98. The summed E-state index contributed by atoms with van der Waals surface area (Å²) in [5.74, 6) is 0.135. The summed E-state index contributed by atoms with van der Waals surface area (Å²) in [7, 11) is 0. The number of hydrogen-bond donors (Lipinski definition) is 2. The average molecular weight is 480 g/mol. The van der Waals surface area contributed by atoms with Crippen LogP contribution in [0.3, 0.4) is 0 Å². The van der Waals surface area contributed by atoms with Gasteiger partial charge in [0.2, 0.25) is 11.8 Å². The largest absolute Gasteiger partial charge is 0.489 e. The molecule has 0 radical (unpaired) electrons. The number of nitrogens with zero attached hydrogens (tertiary/aromatic N) is 1. The Labute approximate surface area is 210 Å². The number of rotatable bonds is 12. The maximum absolute atomic E-state index is 12.6. The van der Waals surface area contributed by atoms with Gasteiger partial charge in [-0.05, 0) is 62.9 Å². The van der Waals surface area contributed by atoms with E-state index in [0.29, 0.717) is 32.0 Å². The molecule has 2 amide bonds. The van der Waals surface area contributed by atoms with Crippen LogP contribution in [0.1, 0.15) is 71.3 Å². The summed E-state index contributed by atoms with van der Waals surface area (Å²) in [4.78, 5) is 26.4. The van der Waals surface area contributed by atoms with Crippen molar-refractivity contribution in [3.8, 4) is 5.75 Å². The highest BCUT2D eigenvalue weighted by molar-refractivity contribution is 5.79. The van der Waals surface area contributed by atoms with Crippen LogP contribution >= 0.6 is 0 Å². The molecule has 1 aliphatic rings. The third kappa shape index (κ3) is 8.61. The van der Waals surface area contributed by atoms with E-state index in [1.54, 1.807) is 6.92 Å². The molecular formula is C29H41N3O3. The van der Waals surface area contributed by atoms with E-state index in [1.807, 2.05) is 30.3 Å². The molecule has 1 fully saturated rings. The second-order valence-electron chi connectivity index (χ2n) is 10.5. The molecule has 3 rings (SSSR count). The fourth-order valence-corrected chi connectivity index (χ4v) is 4.69. The molecule has 6 nitrogen and oxygen atoms in total.